The molecule has 0 saturated carbocycles. The van der Waals surface area contributed by atoms with Crippen molar-refractivity contribution in [1.82, 2.24) is 10.3 Å². The minimum Gasteiger partial charge on any atom is -0.497 e. The van der Waals surface area contributed by atoms with Gasteiger partial charge in [0.2, 0.25) is 0 Å². The Kier molecular flexibility index (Phi) is 3.93. The zero-order chi connectivity index (χ0) is 15.8. The maximum atomic E-state index is 5.40. The van der Waals surface area contributed by atoms with Gasteiger partial charge in [-0.1, -0.05) is 12.1 Å². The maximum Gasteiger partial charge on any atom is 0.119 e. The van der Waals surface area contributed by atoms with E-state index in [1.54, 1.807) is 18.4 Å². The van der Waals surface area contributed by atoms with Crippen LogP contribution in [0.3, 0.4) is 0 Å². The monoisotopic (exact) mass is 342 g/mol. The fourth-order valence-electron chi connectivity index (χ4n) is 3.08. The number of methoxy groups -OCH3 is 1. The lowest BCUT2D eigenvalue weighted by Crippen LogP contribution is -2.33. The average Bonchev–Trinajstić information content (AvgIpc) is 3.22. The molecule has 1 aromatic carbocycles. The summed E-state index contributed by atoms with van der Waals surface area (Å²) in [4.78, 5) is 6.09. The number of fused-ring (bicyclic) bond motifs is 1. The van der Waals surface area contributed by atoms with Crippen molar-refractivity contribution in [2.75, 3.05) is 7.11 Å². The average molecular weight is 342 g/mol. The van der Waals surface area contributed by atoms with Crippen molar-refractivity contribution in [2.45, 2.75) is 25.4 Å². The van der Waals surface area contributed by atoms with E-state index in [1.165, 1.54) is 21.0 Å². The van der Waals surface area contributed by atoms with E-state index in [1.807, 2.05) is 17.4 Å². The molecule has 1 N–H and O–H groups in total. The predicted molar refractivity (Wildman–Crippen MR) is 95.6 cm³/mol. The summed E-state index contributed by atoms with van der Waals surface area (Å²) in [6.07, 6.45) is 1.01. The first-order valence-electron chi connectivity index (χ1n) is 7.63. The first-order chi connectivity index (χ1) is 11.2. The molecule has 2 atom stereocenters. The Bertz CT molecular complexity index is 824. The number of thiophene rings is 1. The van der Waals surface area contributed by atoms with Gasteiger partial charge in [0.05, 0.1) is 19.2 Å². The number of hydrogen-bond donors (Lipinski definition) is 1. The van der Waals surface area contributed by atoms with Gasteiger partial charge in [-0.3, -0.25) is 5.32 Å². The summed E-state index contributed by atoms with van der Waals surface area (Å²) < 4.78 is 5.40. The molecular weight excluding hydrogens is 324 g/mol. The van der Waals surface area contributed by atoms with E-state index < -0.39 is 0 Å². The van der Waals surface area contributed by atoms with E-state index in [2.05, 4.69) is 52.3 Å². The molecule has 118 valence electrons. The quantitative estimate of drug-likeness (QED) is 0.761. The van der Waals surface area contributed by atoms with Crippen LogP contribution in [0.4, 0.5) is 0 Å². The molecule has 1 aliphatic heterocycles. The highest BCUT2D eigenvalue weighted by Crippen LogP contribution is 2.39. The van der Waals surface area contributed by atoms with Crippen molar-refractivity contribution in [3.63, 3.8) is 0 Å². The number of nitrogens with zero attached hydrogens (tertiary/aromatic N) is 1. The van der Waals surface area contributed by atoms with E-state index in [-0.39, 0.29) is 12.1 Å². The molecule has 3 aromatic rings. The third-order valence-electron chi connectivity index (χ3n) is 4.20. The largest absolute Gasteiger partial charge is 0.497 e. The molecule has 0 aliphatic carbocycles. The zero-order valence-electron chi connectivity index (χ0n) is 13.1. The molecule has 0 unspecified atom stereocenters. The van der Waals surface area contributed by atoms with E-state index in [0.717, 1.165) is 17.9 Å². The maximum absolute atomic E-state index is 5.40. The van der Waals surface area contributed by atoms with Gasteiger partial charge in [0.15, 0.2) is 0 Å². The normalized spacial score (nSPS) is 20.3. The van der Waals surface area contributed by atoms with Crippen molar-refractivity contribution in [3.05, 3.63) is 67.8 Å². The van der Waals surface area contributed by atoms with Gasteiger partial charge in [0, 0.05) is 16.0 Å². The standard InChI is InChI=1S/C18H18N2OS2/c1-11-10-23-18(19-11)15-9-13-6-7-22-17(13)16(20-15)12-4-3-5-14(8-12)21-2/h3-8,10,15-16,20H,9H2,1-2H3/t15-,16-/m1/s1. The SMILES string of the molecule is COc1cccc([C@H]2N[C@@H](c3nc(C)cs3)Cc3ccsc32)c1. The molecule has 0 saturated heterocycles. The number of benzene rings is 1. The van der Waals surface area contributed by atoms with Crippen LogP contribution >= 0.6 is 22.7 Å². The summed E-state index contributed by atoms with van der Waals surface area (Å²) in [7, 11) is 1.71. The highest BCUT2D eigenvalue weighted by molar-refractivity contribution is 7.10. The molecule has 4 rings (SSSR count). The Balaban J connectivity index is 1.73. The minimum atomic E-state index is 0.197. The van der Waals surface area contributed by atoms with E-state index >= 15 is 0 Å². The van der Waals surface area contributed by atoms with Gasteiger partial charge in [-0.05, 0) is 48.1 Å². The fourth-order valence-corrected chi connectivity index (χ4v) is 4.96. The number of ether oxygens (including phenoxy) is 1. The van der Waals surface area contributed by atoms with Crippen LogP contribution in [0.2, 0.25) is 0 Å². The van der Waals surface area contributed by atoms with Crippen molar-refractivity contribution in [2.24, 2.45) is 0 Å². The van der Waals surface area contributed by atoms with Gasteiger partial charge in [-0.2, -0.15) is 0 Å². The molecule has 0 spiro atoms. The molecule has 3 nitrogen and oxygen atoms in total. The third-order valence-corrected chi connectivity index (χ3v) is 6.30. The van der Waals surface area contributed by atoms with Crippen LogP contribution in [0, 0.1) is 6.92 Å². The summed E-state index contributed by atoms with van der Waals surface area (Å²) in [5, 5.41) is 9.28. The third kappa shape index (κ3) is 2.80. The topological polar surface area (TPSA) is 34.1 Å². The zero-order valence-corrected chi connectivity index (χ0v) is 14.7. The molecule has 0 radical (unpaired) electrons. The van der Waals surface area contributed by atoms with Crippen molar-refractivity contribution in [1.29, 1.82) is 0 Å². The molecule has 23 heavy (non-hydrogen) atoms. The predicted octanol–water partition coefficient (Wildman–Crippen LogP) is 4.50. The van der Waals surface area contributed by atoms with E-state index in [4.69, 9.17) is 4.74 Å². The lowest BCUT2D eigenvalue weighted by Gasteiger charge is -2.30. The van der Waals surface area contributed by atoms with Crippen LogP contribution in [0.1, 0.15) is 38.8 Å². The van der Waals surface area contributed by atoms with Crippen LogP contribution < -0.4 is 10.1 Å². The first-order valence-corrected chi connectivity index (χ1v) is 9.39. The summed E-state index contributed by atoms with van der Waals surface area (Å²) in [5.74, 6) is 0.898. The fraction of sp³-hybridized carbons (Fsp3) is 0.278. The molecule has 3 heterocycles. The van der Waals surface area contributed by atoms with Crippen LogP contribution in [0.15, 0.2) is 41.1 Å². The second kappa shape index (κ2) is 6.07. The number of aromatic nitrogens is 1. The van der Waals surface area contributed by atoms with Crippen LogP contribution in [-0.4, -0.2) is 12.1 Å². The van der Waals surface area contributed by atoms with Gasteiger partial charge < -0.3 is 4.74 Å². The van der Waals surface area contributed by atoms with Crippen molar-refractivity contribution >= 4 is 22.7 Å². The molecule has 1 aliphatic rings. The first kappa shape index (κ1) is 14.9. The summed E-state index contributed by atoms with van der Waals surface area (Å²) in [6.45, 7) is 2.05. The Labute approximate surface area is 144 Å². The van der Waals surface area contributed by atoms with Gasteiger partial charge in [-0.25, -0.2) is 4.98 Å². The number of nitrogens with one attached hydrogen (secondary N) is 1. The van der Waals surface area contributed by atoms with E-state index in [9.17, 15) is 0 Å². The Hall–Kier alpha value is -1.69. The van der Waals surface area contributed by atoms with Gasteiger partial charge >= 0.3 is 0 Å². The summed E-state index contributed by atoms with van der Waals surface area (Å²) in [5.41, 5.74) is 3.77. The molecule has 2 aromatic heterocycles. The van der Waals surface area contributed by atoms with Gasteiger partial charge in [0.25, 0.3) is 0 Å². The summed E-state index contributed by atoms with van der Waals surface area (Å²) >= 11 is 3.57. The highest BCUT2D eigenvalue weighted by Gasteiger charge is 2.30. The van der Waals surface area contributed by atoms with Crippen LogP contribution in [0.5, 0.6) is 5.75 Å². The number of rotatable bonds is 3. The molecule has 0 fully saturated rings. The minimum absolute atomic E-state index is 0.197. The molecule has 0 amide bonds. The van der Waals surface area contributed by atoms with Gasteiger partial charge in [0.1, 0.15) is 10.8 Å². The van der Waals surface area contributed by atoms with Crippen LogP contribution in [-0.2, 0) is 6.42 Å². The van der Waals surface area contributed by atoms with Crippen LogP contribution in [0.25, 0.3) is 0 Å². The Morgan fingerprint density at radius 3 is 2.96 bits per heavy atom. The molecular formula is C18H18N2OS2. The lowest BCUT2D eigenvalue weighted by molar-refractivity contribution is 0.411. The van der Waals surface area contributed by atoms with E-state index in [0.29, 0.717) is 0 Å². The Morgan fingerprint density at radius 2 is 2.17 bits per heavy atom. The molecule has 0 bridgehead atoms. The van der Waals surface area contributed by atoms with Crippen molar-refractivity contribution in [3.8, 4) is 5.75 Å². The highest BCUT2D eigenvalue weighted by atomic mass is 32.1. The van der Waals surface area contributed by atoms with Gasteiger partial charge in [-0.15, -0.1) is 22.7 Å². The second-order valence-corrected chi connectivity index (χ2v) is 7.61. The van der Waals surface area contributed by atoms with Crippen molar-refractivity contribution < 1.29 is 4.74 Å². The number of thiazole rings is 1. The summed E-state index contributed by atoms with van der Waals surface area (Å²) in [6, 6.07) is 11.1. The molecule has 5 heteroatoms. The smallest absolute Gasteiger partial charge is 0.119 e. The lowest BCUT2D eigenvalue weighted by atomic mass is 9.93. The second-order valence-electron chi connectivity index (χ2n) is 5.77. The number of hydrogen-bond acceptors (Lipinski definition) is 5. The number of aryl methyl sites for hydroxylation is 1. The Morgan fingerprint density at radius 1 is 1.26 bits per heavy atom.